The maximum absolute atomic E-state index is 13.7. The van der Waals surface area contributed by atoms with Crippen molar-refractivity contribution in [3.8, 4) is 6.07 Å². The first-order valence-electron chi connectivity index (χ1n) is 6.42. The van der Waals surface area contributed by atoms with Crippen LogP contribution in [-0.2, 0) is 17.7 Å². The van der Waals surface area contributed by atoms with Gasteiger partial charge in [0.05, 0.1) is 17.7 Å². The summed E-state index contributed by atoms with van der Waals surface area (Å²) in [7, 11) is 0. The molecule has 0 aliphatic heterocycles. The second kappa shape index (κ2) is 7.28. The molecular formula is C15H11F2N2O3S-. The van der Waals surface area contributed by atoms with Crippen LogP contribution in [0.1, 0.15) is 22.8 Å². The third kappa shape index (κ3) is 4.32. The molecule has 0 saturated heterocycles. The summed E-state index contributed by atoms with van der Waals surface area (Å²) in [5.41, 5.74) is 0.611. The van der Waals surface area contributed by atoms with Crippen LogP contribution in [0.4, 0.5) is 14.5 Å². The summed E-state index contributed by atoms with van der Waals surface area (Å²) >= 11 is -2.59. The van der Waals surface area contributed by atoms with Crippen molar-refractivity contribution in [2.24, 2.45) is 0 Å². The molecule has 0 aliphatic rings. The van der Waals surface area contributed by atoms with Crippen molar-refractivity contribution in [3.63, 3.8) is 0 Å². The second-order valence-electron chi connectivity index (χ2n) is 4.71. The molecule has 2 aromatic rings. The average molecular weight is 337 g/mol. The van der Waals surface area contributed by atoms with Gasteiger partial charge >= 0.3 is 0 Å². The number of hydrogen-bond acceptors (Lipinski definition) is 4. The van der Waals surface area contributed by atoms with Crippen molar-refractivity contribution in [2.45, 2.75) is 12.5 Å². The van der Waals surface area contributed by atoms with Gasteiger partial charge in [0.25, 0.3) is 0 Å². The molecule has 2 unspecified atom stereocenters. The average Bonchev–Trinajstić information content (AvgIpc) is 2.48. The van der Waals surface area contributed by atoms with Crippen LogP contribution >= 0.6 is 0 Å². The van der Waals surface area contributed by atoms with E-state index < -0.39 is 29.0 Å². The van der Waals surface area contributed by atoms with Gasteiger partial charge in [0.2, 0.25) is 0 Å². The number of aliphatic hydroxyl groups excluding tert-OH is 1. The highest BCUT2D eigenvalue weighted by Crippen LogP contribution is 2.26. The minimum atomic E-state index is -2.59. The minimum Gasteiger partial charge on any atom is -0.755 e. The van der Waals surface area contributed by atoms with E-state index in [4.69, 9.17) is 5.26 Å². The van der Waals surface area contributed by atoms with Gasteiger partial charge in [-0.3, -0.25) is 4.21 Å². The van der Waals surface area contributed by atoms with Gasteiger partial charge in [-0.2, -0.15) is 5.26 Å². The fourth-order valence-electron chi connectivity index (χ4n) is 2.11. The summed E-state index contributed by atoms with van der Waals surface area (Å²) in [6.07, 6.45) is -1.48. The maximum Gasteiger partial charge on any atom is 0.131 e. The molecule has 120 valence electrons. The van der Waals surface area contributed by atoms with Crippen LogP contribution < -0.4 is 4.72 Å². The lowest BCUT2D eigenvalue weighted by Crippen LogP contribution is -2.09. The Morgan fingerprint density at radius 2 is 2.04 bits per heavy atom. The van der Waals surface area contributed by atoms with Gasteiger partial charge in [0.15, 0.2) is 0 Å². The van der Waals surface area contributed by atoms with Crippen molar-refractivity contribution in [2.75, 3.05) is 4.72 Å². The van der Waals surface area contributed by atoms with Crippen molar-refractivity contribution < 1.29 is 22.6 Å². The summed E-state index contributed by atoms with van der Waals surface area (Å²) in [5.74, 6) is -1.68. The lowest BCUT2D eigenvalue weighted by atomic mass is 9.98. The van der Waals surface area contributed by atoms with E-state index in [-0.39, 0.29) is 23.2 Å². The fourth-order valence-corrected chi connectivity index (χ4v) is 2.49. The molecule has 23 heavy (non-hydrogen) atoms. The summed E-state index contributed by atoms with van der Waals surface area (Å²) in [6.45, 7) is 0. The van der Waals surface area contributed by atoms with Crippen LogP contribution in [-0.4, -0.2) is 13.9 Å². The highest BCUT2D eigenvalue weighted by atomic mass is 32.2. The van der Waals surface area contributed by atoms with E-state index in [9.17, 15) is 22.6 Å². The van der Waals surface area contributed by atoms with Gasteiger partial charge in [-0.25, -0.2) is 8.78 Å². The summed E-state index contributed by atoms with van der Waals surface area (Å²) in [6, 6.07) is 8.84. The van der Waals surface area contributed by atoms with Gasteiger partial charge in [-0.05, 0) is 29.8 Å². The Morgan fingerprint density at radius 3 is 2.65 bits per heavy atom. The van der Waals surface area contributed by atoms with E-state index in [0.29, 0.717) is 11.6 Å². The molecule has 2 N–H and O–H groups in total. The maximum atomic E-state index is 13.7. The number of benzene rings is 2. The Labute approximate surface area is 133 Å². The Kier molecular flexibility index (Phi) is 5.39. The first kappa shape index (κ1) is 17.0. The van der Waals surface area contributed by atoms with Gasteiger partial charge in [-0.15, -0.1) is 0 Å². The van der Waals surface area contributed by atoms with Crippen LogP contribution in [0.2, 0.25) is 0 Å². The van der Waals surface area contributed by atoms with Crippen LogP contribution in [0.3, 0.4) is 0 Å². The number of aliphatic hydroxyl groups is 1. The first-order valence-corrected chi connectivity index (χ1v) is 7.50. The molecule has 2 atom stereocenters. The zero-order valence-corrected chi connectivity index (χ0v) is 12.4. The first-order chi connectivity index (χ1) is 10.9. The van der Waals surface area contributed by atoms with E-state index in [1.54, 1.807) is 0 Å². The standard InChI is InChI=1S/C15H12F2N2O3S/c16-11-2-3-12(13(17)7-11)15(20)6-10-5-9(8-18)1-4-14(10)19-23(21)22/h1-5,7,15,19-20H,6H2,(H,21,22)/p-1. The lowest BCUT2D eigenvalue weighted by molar-refractivity contribution is 0.173. The van der Waals surface area contributed by atoms with Crippen molar-refractivity contribution in [3.05, 3.63) is 64.7 Å². The lowest BCUT2D eigenvalue weighted by Gasteiger charge is -2.17. The molecule has 0 fully saturated rings. The third-order valence-electron chi connectivity index (χ3n) is 3.16. The molecule has 5 nitrogen and oxygen atoms in total. The van der Waals surface area contributed by atoms with Gasteiger partial charge in [0.1, 0.15) is 11.6 Å². The molecule has 0 radical (unpaired) electrons. The fraction of sp³-hybridized carbons (Fsp3) is 0.133. The molecular weight excluding hydrogens is 326 g/mol. The van der Waals surface area contributed by atoms with Gasteiger partial charge in [-0.1, -0.05) is 6.07 Å². The largest absolute Gasteiger partial charge is 0.755 e. The number of nitriles is 1. The molecule has 2 rings (SSSR count). The molecule has 0 saturated carbocycles. The quantitative estimate of drug-likeness (QED) is 0.818. The summed E-state index contributed by atoms with van der Waals surface area (Å²) < 4.78 is 50.3. The predicted octanol–water partition coefficient (Wildman–Crippen LogP) is 2.32. The number of halogens is 2. The third-order valence-corrected chi connectivity index (χ3v) is 3.55. The van der Waals surface area contributed by atoms with Crippen LogP contribution in [0.5, 0.6) is 0 Å². The molecule has 0 aromatic heterocycles. The number of nitrogens with one attached hydrogen (secondary N) is 1. The number of anilines is 1. The molecule has 2 aromatic carbocycles. The molecule has 0 spiro atoms. The second-order valence-corrected chi connectivity index (χ2v) is 5.38. The van der Waals surface area contributed by atoms with E-state index in [0.717, 1.165) is 12.1 Å². The highest BCUT2D eigenvalue weighted by molar-refractivity contribution is 7.80. The highest BCUT2D eigenvalue weighted by Gasteiger charge is 2.16. The van der Waals surface area contributed by atoms with E-state index in [1.165, 1.54) is 18.2 Å². The minimum absolute atomic E-state index is 0.122. The smallest absolute Gasteiger partial charge is 0.131 e. The van der Waals surface area contributed by atoms with Crippen molar-refractivity contribution in [1.29, 1.82) is 5.26 Å². The van der Waals surface area contributed by atoms with Crippen molar-refractivity contribution >= 4 is 17.0 Å². The van der Waals surface area contributed by atoms with E-state index in [1.807, 2.05) is 6.07 Å². The van der Waals surface area contributed by atoms with Gasteiger partial charge < -0.3 is 14.4 Å². The van der Waals surface area contributed by atoms with Crippen LogP contribution in [0.15, 0.2) is 36.4 Å². The predicted molar refractivity (Wildman–Crippen MR) is 78.7 cm³/mol. The number of nitrogens with zero attached hydrogens (tertiary/aromatic N) is 1. The van der Waals surface area contributed by atoms with Crippen LogP contribution in [0, 0.1) is 23.0 Å². The van der Waals surface area contributed by atoms with E-state index >= 15 is 0 Å². The number of rotatable bonds is 5. The van der Waals surface area contributed by atoms with E-state index in [2.05, 4.69) is 4.72 Å². The zero-order chi connectivity index (χ0) is 17.0. The molecule has 8 heteroatoms. The number of hydrogen-bond donors (Lipinski definition) is 2. The van der Waals surface area contributed by atoms with Crippen molar-refractivity contribution in [1.82, 2.24) is 0 Å². The summed E-state index contributed by atoms with van der Waals surface area (Å²) in [4.78, 5) is 0. The normalized spacial score (nSPS) is 13.2. The Balaban J connectivity index is 2.33. The molecule has 0 bridgehead atoms. The summed E-state index contributed by atoms with van der Waals surface area (Å²) in [5, 5.41) is 19.0. The SMILES string of the molecule is N#Cc1ccc(NS(=O)[O-])c(CC(O)c2ccc(F)cc2F)c1. The Bertz CT molecular complexity index is 793. The monoisotopic (exact) mass is 337 g/mol. The topological polar surface area (TPSA) is 96.2 Å². The zero-order valence-electron chi connectivity index (χ0n) is 11.6. The Hall–Kier alpha value is -2.34. The van der Waals surface area contributed by atoms with Gasteiger partial charge in [0, 0.05) is 35.0 Å². The van der Waals surface area contributed by atoms with Crippen LogP contribution in [0.25, 0.3) is 0 Å². The molecule has 0 aliphatic carbocycles. The molecule has 0 heterocycles. The molecule has 0 amide bonds. The Morgan fingerprint density at radius 1 is 1.30 bits per heavy atom.